The molecule has 15 heavy (non-hydrogen) atoms. The van der Waals surface area contributed by atoms with E-state index >= 15 is 0 Å². The highest BCUT2D eigenvalue weighted by atomic mass is 16.5. The molecule has 2 heterocycles. The molecule has 0 aliphatic heterocycles. The van der Waals surface area contributed by atoms with Crippen molar-refractivity contribution in [1.29, 1.82) is 0 Å². The first-order valence-electron chi connectivity index (χ1n) is 4.53. The molecule has 0 bridgehead atoms. The van der Waals surface area contributed by atoms with Crippen molar-refractivity contribution in [3.05, 3.63) is 30.1 Å². The average molecular weight is 204 g/mol. The van der Waals surface area contributed by atoms with E-state index in [1.807, 2.05) is 25.3 Å². The Kier molecular flexibility index (Phi) is 2.29. The summed E-state index contributed by atoms with van der Waals surface area (Å²) in [5.41, 5.74) is 6.59. The molecule has 0 unspecified atom stereocenters. The third-order valence-electron chi connectivity index (χ3n) is 2.12. The molecule has 5 nitrogen and oxygen atoms in total. The Labute approximate surface area is 87.5 Å². The highest BCUT2D eigenvalue weighted by molar-refractivity contribution is 5.44. The minimum Gasteiger partial charge on any atom is -0.493 e. The van der Waals surface area contributed by atoms with E-state index in [4.69, 9.17) is 10.5 Å². The molecule has 0 aliphatic carbocycles. The van der Waals surface area contributed by atoms with Crippen LogP contribution in [-0.2, 0) is 0 Å². The predicted molar refractivity (Wildman–Crippen MR) is 57.1 cm³/mol. The van der Waals surface area contributed by atoms with Gasteiger partial charge >= 0.3 is 0 Å². The van der Waals surface area contributed by atoms with Gasteiger partial charge in [-0.1, -0.05) is 0 Å². The lowest BCUT2D eigenvalue weighted by molar-refractivity contribution is 0.409. The van der Waals surface area contributed by atoms with E-state index in [0.29, 0.717) is 17.4 Å². The first kappa shape index (κ1) is 9.51. The molecule has 5 heteroatoms. The summed E-state index contributed by atoms with van der Waals surface area (Å²) in [5.74, 6) is 1.81. The molecule has 0 spiro atoms. The van der Waals surface area contributed by atoms with Gasteiger partial charge in [-0.05, 0) is 19.1 Å². The second kappa shape index (κ2) is 3.61. The summed E-state index contributed by atoms with van der Waals surface area (Å²) in [6, 6.07) is 3.64. The van der Waals surface area contributed by atoms with E-state index in [0.717, 1.165) is 5.56 Å². The molecular weight excluding hydrogens is 192 g/mol. The molecule has 2 N–H and O–H groups in total. The van der Waals surface area contributed by atoms with Crippen molar-refractivity contribution in [2.75, 3.05) is 12.8 Å². The van der Waals surface area contributed by atoms with Gasteiger partial charge in [0.15, 0.2) is 11.6 Å². The standard InChI is InChI=1S/C10H12N4O/c1-7-6-14(13-9(7)11)10-8(15-2)4-3-5-12-10/h3-6H,1-2H3,(H2,11,13). The van der Waals surface area contributed by atoms with E-state index in [1.165, 1.54) is 0 Å². The number of aromatic nitrogens is 3. The quantitative estimate of drug-likeness (QED) is 0.797. The van der Waals surface area contributed by atoms with Crippen molar-refractivity contribution in [3.8, 4) is 11.6 Å². The Bertz CT molecular complexity index is 459. The Hall–Kier alpha value is -2.04. The number of pyridine rings is 1. The molecule has 0 radical (unpaired) electrons. The van der Waals surface area contributed by atoms with Gasteiger partial charge in [0.1, 0.15) is 5.82 Å². The van der Waals surface area contributed by atoms with Crippen molar-refractivity contribution in [2.45, 2.75) is 6.92 Å². The zero-order valence-electron chi connectivity index (χ0n) is 8.64. The molecule has 0 saturated carbocycles. The molecular formula is C10H12N4O. The third-order valence-corrected chi connectivity index (χ3v) is 2.12. The average Bonchev–Trinajstić information content (AvgIpc) is 2.59. The van der Waals surface area contributed by atoms with Crippen LogP contribution in [0.4, 0.5) is 5.82 Å². The molecule has 0 saturated heterocycles. The Morgan fingerprint density at radius 2 is 2.27 bits per heavy atom. The summed E-state index contributed by atoms with van der Waals surface area (Å²) < 4.78 is 6.80. The van der Waals surface area contributed by atoms with Crippen LogP contribution in [0.15, 0.2) is 24.5 Å². The number of ether oxygens (including phenoxy) is 1. The zero-order chi connectivity index (χ0) is 10.8. The van der Waals surface area contributed by atoms with Gasteiger partial charge in [0.05, 0.1) is 7.11 Å². The van der Waals surface area contributed by atoms with Crippen LogP contribution >= 0.6 is 0 Å². The Morgan fingerprint density at radius 1 is 1.47 bits per heavy atom. The molecule has 0 atom stereocenters. The lowest BCUT2D eigenvalue weighted by Crippen LogP contribution is -2.01. The maximum atomic E-state index is 5.67. The van der Waals surface area contributed by atoms with Crippen LogP contribution < -0.4 is 10.5 Å². The van der Waals surface area contributed by atoms with Gasteiger partial charge in [0.2, 0.25) is 0 Å². The predicted octanol–water partition coefficient (Wildman–Crippen LogP) is 1.17. The molecule has 0 fully saturated rings. The van der Waals surface area contributed by atoms with E-state index < -0.39 is 0 Å². The van der Waals surface area contributed by atoms with Crippen molar-refractivity contribution in [2.24, 2.45) is 0 Å². The number of nitrogens with two attached hydrogens (primary N) is 1. The molecule has 0 aromatic carbocycles. The summed E-state index contributed by atoms with van der Waals surface area (Å²) in [7, 11) is 1.60. The monoisotopic (exact) mass is 204 g/mol. The van der Waals surface area contributed by atoms with Gasteiger partial charge in [0, 0.05) is 18.0 Å². The van der Waals surface area contributed by atoms with Gasteiger partial charge in [-0.3, -0.25) is 0 Å². The summed E-state index contributed by atoms with van der Waals surface area (Å²) in [4.78, 5) is 4.19. The van der Waals surface area contributed by atoms with E-state index in [-0.39, 0.29) is 0 Å². The van der Waals surface area contributed by atoms with Crippen LogP contribution in [0.5, 0.6) is 5.75 Å². The number of aryl methyl sites for hydroxylation is 1. The van der Waals surface area contributed by atoms with E-state index in [9.17, 15) is 0 Å². The van der Waals surface area contributed by atoms with Crippen molar-refractivity contribution < 1.29 is 4.74 Å². The van der Waals surface area contributed by atoms with Gasteiger partial charge in [-0.25, -0.2) is 9.67 Å². The normalized spacial score (nSPS) is 10.3. The summed E-state index contributed by atoms with van der Waals surface area (Å²) >= 11 is 0. The topological polar surface area (TPSA) is 66.0 Å². The Morgan fingerprint density at radius 3 is 2.87 bits per heavy atom. The van der Waals surface area contributed by atoms with E-state index in [2.05, 4.69) is 10.1 Å². The Balaban J connectivity index is 2.53. The van der Waals surface area contributed by atoms with Crippen LogP contribution in [0, 0.1) is 6.92 Å². The van der Waals surface area contributed by atoms with Crippen molar-refractivity contribution >= 4 is 5.82 Å². The van der Waals surface area contributed by atoms with Gasteiger partial charge in [0.25, 0.3) is 0 Å². The third kappa shape index (κ3) is 1.63. The summed E-state index contributed by atoms with van der Waals surface area (Å²) in [6.45, 7) is 1.90. The smallest absolute Gasteiger partial charge is 0.196 e. The van der Waals surface area contributed by atoms with Gasteiger partial charge in [-0.15, -0.1) is 5.10 Å². The fourth-order valence-corrected chi connectivity index (χ4v) is 1.30. The second-order valence-corrected chi connectivity index (χ2v) is 3.17. The SMILES string of the molecule is COc1cccnc1-n1cc(C)c(N)n1. The molecule has 78 valence electrons. The van der Waals surface area contributed by atoms with E-state index in [1.54, 1.807) is 18.0 Å². The highest BCUT2D eigenvalue weighted by Gasteiger charge is 2.08. The van der Waals surface area contributed by atoms with Gasteiger partial charge in [-0.2, -0.15) is 0 Å². The van der Waals surface area contributed by atoms with Crippen LogP contribution in [0.2, 0.25) is 0 Å². The van der Waals surface area contributed by atoms with Crippen LogP contribution in [-0.4, -0.2) is 21.9 Å². The fourth-order valence-electron chi connectivity index (χ4n) is 1.30. The van der Waals surface area contributed by atoms with Gasteiger partial charge < -0.3 is 10.5 Å². The highest BCUT2D eigenvalue weighted by Crippen LogP contribution is 2.20. The lowest BCUT2D eigenvalue weighted by Gasteiger charge is -2.05. The largest absolute Gasteiger partial charge is 0.493 e. The first-order valence-corrected chi connectivity index (χ1v) is 4.53. The molecule has 0 aliphatic rings. The van der Waals surface area contributed by atoms with Crippen LogP contribution in [0.25, 0.3) is 5.82 Å². The lowest BCUT2D eigenvalue weighted by atomic mass is 10.4. The summed E-state index contributed by atoms with van der Waals surface area (Å²) in [6.07, 6.45) is 3.51. The minimum atomic E-state index is 0.503. The number of nitrogens with zero attached hydrogens (tertiary/aromatic N) is 3. The number of methoxy groups -OCH3 is 1. The molecule has 2 aromatic heterocycles. The molecule has 2 aromatic rings. The van der Waals surface area contributed by atoms with Crippen LogP contribution in [0.1, 0.15) is 5.56 Å². The maximum Gasteiger partial charge on any atom is 0.196 e. The number of anilines is 1. The minimum absolute atomic E-state index is 0.503. The number of hydrogen-bond donors (Lipinski definition) is 1. The van der Waals surface area contributed by atoms with Crippen LogP contribution in [0.3, 0.4) is 0 Å². The summed E-state index contributed by atoms with van der Waals surface area (Å²) in [5, 5.41) is 4.14. The molecule has 2 rings (SSSR count). The molecule has 0 amide bonds. The van der Waals surface area contributed by atoms with Crippen molar-refractivity contribution in [1.82, 2.24) is 14.8 Å². The second-order valence-electron chi connectivity index (χ2n) is 3.17. The number of nitrogen functional groups attached to an aromatic ring is 1. The fraction of sp³-hybridized carbons (Fsp3) is 0.200. The first-order chi connectivity index (χ1) is 7.22. The van der Waals surface area contributed by atoms with Crippen molar-refractivity contribution in [3.63, 3.8) is 0 Å². The maximum absolute atomic E-state index is 5.67. The number of hydrogen-bond acceptors (Lipinski definition) is 4. The zero-order valence-corrected chi connectivity index (χ0v) is 8.64. The number of rotatable bonds is 2.